The Balaban J connectivity index is 1.44. The SMILES string of the molecule is CC(C)N(C)CCN(C)C1CCN(c2nccc(-c3ccc4ccccc4c3)n2)C1. The topological polar surface area (TPSA) is 35.5 Å². The van der Waals surface area contributed by atoms with Crippen LogP contribution in [0.3, 0.4) is 0 Å². The normalized spacial score (nSPS) is 17.0. The lowest BCUT2D eigenvalue weighted by Gasteiger charge is -2.28. The number of likely N-dealkylation sites (N-methyl/N-ethyl adjacent to an activating group) is 2. The number of anilines is 1. The predicted octanol–water partition coefficient (Wildman–Crippen LogP) is 4.15. The molecule has 3 aromatic rings. The second-order valence-corrected chi connectivity index (χ2v) is 8.75. The van der Waals surface area contributed by atoms with Gasteiger partial charge >= 0.3 is 0 Å². The van der Waals surface area contributed by atoms with E-state index in [1.165, 1.54) is 10.8 Å². The van der Waals surface area contributed by atoms with Gasteiger partial charge in [-0.15, -0.1) is 0 Å². The molecule has 5 nitrogen and oxygen atoms in total. The fourth-order valence-corrected chi connectivity index (χ4v) is 4.05. The van der Waals surface area contributed by atoms with Gasteiger partial charge in [-0.25, -0.2) is 9.97 Å². The minimum absolute atomic E-state index is 0.554. The van der Waals surface area contributed by atoms with E-state index in [1.54, 1.807) is 0 Å². The molecule has 1 aromatic heterocycles. The summed E-state index contributed by atoms with van der Waals surface area (Å²) in [5.74, 6) is 0.843. The van der Waals surface area contributed by atoms with Crippen LogP contribution in [-0.4, -0.2) is 72.1 Å². The van der Waals surface area contributed by atoms with Crippen LogP contribution in [0, 0.1) is 0 Å². The molecule has 4 rings (SSSR count). The monoisotopic (exact) mass is 403 g/mol. The first-order valence-electron chi connectivity index (χ1n) is 11.0. The van der Waals surface area contributed by atoms with Crippen molar-refractivity contribution >= 4 is 16.7 Å². The van der Waals surface area contributed by atoms with Gasteiger partial charge in [-0.3, -0.25) is 0 Å². The Labute approximate surface area is 180 Å². The molecule has 2 aromatic carbocycles. The Hall–Kier alpha value is -2.50. The third kappa shape index (κ3) is 4.63. The summed E-state index contributed by atoms with van der Waals surface area (Å²) >= 11 is 0. The molecular formula is C25H33N5. The zero-order valence-electron chi connectivity index (χ0n) is 18.6. The van der Waals surface area contributed by atoms with Crippen LogP contribution in [-0.2, 0) is 0 Å². The quantitative estimate of drug-likeness (QED) is 0.592. The van der Waals surface area contributed by atoms with Crippen LogP contribution in [0.15, 0.2) is 54.7 Å². The van der Waals surface area contributed by atoms with E-state index in [2.05, 4.69) is 90.1 Å². The summed E-state index contributed by atoms with van der Waals surface area (Å²) < 4.78 is 0. The number of rotatable bonds is 7. The van der Waals surface area contributed by atoms with Crippen LogP contribution >= 0.6 is 0 Å². The highest BCUT2D eigenvalue weighted by molar-refractivity contribution is 5.86. The van der Waals surface area contributed by atoms with Gasteiger partial charge in [0.15, 0.2) is 0 Å². The Bertz CT molecular complexity index is 986. The molecule has 0 spiro atoms. The van der Waals surface area contributed by atoms with E-state index in [-0.39, 0.29) is 0 Å². The third-order valence-corrected chi connectivity index (χ3v) is 6.44. The second kappa shape index (κ2) is 9.11. The van der Waals surface area contributed by atoms with Crippen molar-refractivity contribution in [1.82, 2.24) is 19.8 Å². The number of benzene rings is 2. The van der Waals surface area contributed by atoms with Crippen LogP contribution in [0.4, 0.5) is 5.95 Å². The molecule has 1 aliphatic rings. The number of fused-ring (bicyclic) bond motifs is 1. The van der Waals surface area contributed by atoms with Crippen LogP contribution in [0.5, 0.6) is 0 Å². The van der Waals surface area contributed by atoms with E-state index in [1.807, 2.05) is 12.3 Å². The number of hydrogen-bond donors (Lipinski definition) is 0. The zero-order valence-corrected chi connectivity index (χ0v) is 18.6. The Kier molecular flexibility index (Phi) is 6.30. The predicted molar refractivity (Wildman–Crippen MR) is 126 cm³/mol. The fraction of sp³-hybridized carbons (Fsp3) is 0.440. The van der Waals surface area contributed by atoms with Gasteiger partial charge in [0.25, 0.3) is 0 Å². The van der Waals surface area contributed by atoms with E-state index in [9.17, 15) is 0 Å². The largest absolute Gasteiger partial charge is 0.339 e. The molecule has 158 valence electrons. The van der Waals surface area contributed by atoms with Crippen molar-refractivity contribution in [3.63, 3.8) is 0 Å². The van der Waals surface area contributed by atoms with E-state index in [4.69, 9.17) is 4.98 Å². The highest BCUT2D eigenvalue weighted by Crippen LogP contribution is 2.25. The molecule has 0 bridgehead atoms. The lowest BCUT2D eigenvalue weighted by molar-refractivity contribution is 0.195. The average molecular weight is 404 g/mol. The molecule has 0 aliphatic carbocycles. The van der Waals surface area contributed by atoms with Crippen LogP contribution in [0.25, 0.3) is 22.0 Å². The summed E-state index contributed by atoms with van der Waals surface area (Å²) in [6.45, 7) is 8.68. The zero-order chi connectivity index (χ0) is 21.1. The van der Waals surface area contributed by atoms with Crippen molar-refractivity contribution in [2.45, 2.75) is 32.4 Å². The summed E-state index contributed by atoms with van der Waals surface area (Å²) in [6, 6.07) is 18.1. The molecule has 0 N–H and O–H groups in total. The van der Waals surface area contributed by atoms with E-state index in [0.717, 1.165) is 49.8 Å². The Morgan fingerprint density at radius 3 is 2.63 bits per heavy atom. The van der Waals surface area contributed by atoms with Crippen LogP contribution in [0.2, 0.25) is 0 Å². The first-order chi connectivity index (χ1) is 14.5. The summed E-state index contributed by atoms with van der Waals surface area (Å²) in [4.78, 5) is 16.7. The van der Waals surface area contributed by atoms with Crippen LogP contribution < -0.4 is 4.90 Å². The lowest BCUT2D eigenvalue weighted by Crippen LogP contribution is -2.40. The standard InChI is InChI=1S/C25H33N5/c1-19(2)28(3)15-16-29(4)23-12-14-30(18-23)25-26-13-11-24(27-25)22-10-9-20-7-5-6-8-21(20)17-22/h5-11,13,17,19,23H,12,14-16,18H2,1-4H3. The maximum absolute atomic E-state index is 4.91. The minimum Gasteiger partial charge on any atom is -0.339 e. The molecule has 1 atom stereocenters. The Morgan fingerprint density at radius 2 is 1.83 bits per heavy atom. The lowest BCUT2D eigenvalue weighted by atomic mass is 10.1. The highest BCUT2D eigenvalue weighted by atomic mass is 15.3. The van der Waals surface area contributed by atoms with Gasteiger partial charge in [-0.1, -0.05) is 36.4 Å². The molecule has 30 heavy (non-hydrogen) atoms. The van der Waals surface area contributed by atoms with E-state index < -0.39 is 0 Å². The van der Waals surface area contributed by atoms with Crippen molar-refractivity contribution in [2.24, 2.45) is 0 Å². The molecule has 2 heterocycles. The van der Waals surface area contributed by atoms with Gasteiger partial charge < -0.3 is 14.7 Å². The minimum atomic E-state index is 0.554. The first kappa shape index (κ1) is 20.8. The van der Waals surface area contributed by atoms with Gasteiger partial charge in [0, 0.05) is 50.0 Å². The smallest absolute Gasteiger partial charge is 0.225 e. The van der Waals surface area contributed by atoms with E-state index in [0.29, 0.717) is 12.1 Å². The molecule has 0 amide bonds. The molecule has 1 unspecified atom stereocenters. The van der Waals surface area contributed by atoms with Gasteiger partial charge in [-0.2, -0.15) is 0 Å². The number of aromatic nitrogens is 2. The van der Waals surface area contributed by atoms with Crippen molar-refractivity contribution in [2.75, 3.05) is 45.2 Å². The average Bonchev–Trinajstić information content (AvgIpc) is 3.27. The highest BCUT2D eigenvalue weighted by Gasteiger charge is 2.27. The maximum Gasteiger partial charge on any atom is 0.225 e. The molecule has 1 fully saturated rings. The summed E-state index contributed by atoms with van der Waals surface area (Å²) in [7, 11) is 4.44. The summed E-state index contributed by atoms with van der Waals surface area (Å²) in [6.07, 6.45) is 3.05. The number of hydrogen-bond acceptors (Lipinski definition) is 5. The molecule has 0 saturated carbocycles. The van der Waals surface area contributed by atoms with E-state index >= 15 is 0 Å². The molecule has 1 saturated heterocycles. The van der Waals surface area contributed by atoms with Crippen molar-refractivity contribution in [1.29, 1.82) is 0 Å². The van der Waals surface area contributed by atoms with Gasteiger partial charge in [-0.05, 0) is 57.3 Å². The maximum atomic E-state index is 4.91. The Morgan fingerprint density at radius 1 is 1.03 bits per heavy atom. The van der Waals surface area contributed by atoms with Crippen LogP contribution in [0.1, 0.15) is 20.3 Å². The molecule has 5 heteroatoms. The number of nitrogens with zero attached hydrogens (tertiary/aromatic N) is 5. The van der Waals surface area contributed by atoms with Gasteiger partial charge in [0.05, 0.1) is 5.69 Å². The van der Waals surface area contributed by atoms with Crippen molar-refractivity contribution in [3.8, 4) is 11.3 Å². The first-order valence-corrected chi connectivity index (χ1v) is 11.0. The fourth-order valence-electron chi connectivity index (χ4n) is 4.05. The summed E-state index contributed by atoms with van der Waals surface area (Å²) in [5, 5.41) is 2.49. The molecule has 0 radical (unpaired) electrons. The van der Waals surface area contributed by atoms with Gasteiger partial charge in [0.2, 0.25) is 5.95 Å². The van der Waals surface area contributed by atoms with Crippen molar-refractivity contribution in [3.05, 3.63) is 54.7 Å². The van der Waals surface area contributed by atoms with Crippen molar-refractivity contribution < 1.29 is 0 Å². The second-order valence-electron chi connectivity index (χ2n) is 8.75. The third-order valence-electron chi connectivity index (χ3n) is 6.44. The molecular weight excluding hydrogens is 370 g/mol. The van der Waals surface area contributed by atoms with Gasteiger partial charge in [0.1, 0.15) is 0 Å². The summed E-state index contributed by atoms with van der Waals surface area (Å²) in [5.41, 5.74) is 2.13. The molecule has 1 aliphatic heterocycles.